The lowest BCUT2D eigenvalue weighted by molar-refractivity contribution is 0.125. The Hall–Kier alpha value is -0.970. The maximum Gasteiger partial charge on any atom is 0.185 e. The fraction of sp³-hybridized carbons (Fsp3) is 0.667. The van der Waals surface area contributed by atoms with E-state index in [-0.39, 0.29) is 18.2 Å². The second-order valence-corrected chi connectivity index (χ2v) is 6.48. The third kappa shape index (κ3) is 7.81. The molecule has 0 spiro atoms. The van der Waals surface area contributed by atoms with Crippen LogP contribution < -0.4 is 18.9 Å². The maximum absolute atomic E-state index is 6.60. The van der Waals surface area contributed by atoms with Crippen molar-refractivity contribution in [2.45, 2.75) is 0 Å². The summed E-state index contributed by atoms with van der Waals surface area (Å²) in [4.78, 5) is 0. The Bertz CT molecular complexity index is 479. The highest BCUT2D eigenvalue weighted by molar-refractivity contribution is 9.10. The Balaban J connectivity index is 3.30. The highest BCUT2D eigenvalue weighted by atomic mass is 79.9. The van der Waals surface area contributed by atoms with Gasteiger partial charge in [-0.05, 0) is 15.9 Å². The van der Waals surface area contributed by atoms with E-state index in [1.54, 1.807) is 28.4 Å². The van der Waals surface area contributed by atoms with Crippen molar-refractivity contribution in [3.63, 3.8) is 0 Å². The van der Waals surface area contributed by atoms with E-state index in [1.807, 2.05) is 0 Å². The van der Waals surface area contributed by atoms with E-state index < -0.39 is 0 Å². The van der Waals surface area contributed by atoms with Crippen LogP contribution in [0.1, 0.15) is 0 Å². The van der Waals surface area contributed by atoms with Crippen molar-refractivity contribution in [3.05, 3.63) is 9.50 Å². The van der Waals surface area contributed by atoms with Gasteiger partial charge >= 0.3 is 0 Å². The predicted molar refractivity (Wildman–Crippen MR) is 109 cm³/mol. The van der Waals surface area contributed by atoms with Crippen LogP contribution in [0.4, 0.5) is 0 Å². The molecule has 0 aliphatic heterocycles. The monoisotopic (exact) mass is 486 g/mol. The molecule has 28 heavy (non-hydrogen) atoms. The lowest BCUT2D eigenvalue weighted by Gasteiger charge is -2.22. The van der Waals surface area contributed by atoms with Crippen molar-refractivity contribution in [3.8, 4) is 23.0 Å². The number of benzene rings is 1. The van der Waals surface area contributed by atoms with E-state index in [1.165, 1.54) is 0 Å². The third-order valence-electron chi connectivity index (χ3n) is 3.35. The standard InChI is InChI=1S/C18H28BrClO8/c1-21-5-9-25-15-13(19)16(26-10-6-22-2)18(28-12-8-24-4)14(20)17(15)27-11-7-23-3/h5-12H2,1-4H3. The molecular weight excluding hydrogens is 460 g/mol. The van der Waals surface area contributed by atoms with Crippen LogP contribution in [0.5, 0.6) is 23.0 Å². The second-order valence-electron chi connectivity index (χ2n) is 5.31. The number of rotatable bonds is 16. The maximum atomic E-state index is 6.60. The number of halogens is 2. The first-order valence-corrected chi connectivity index (χ1v) is 9.81. The molecule has 0 saturated carbocycles. The molecule has 0 radical (unpaired) electrons. The molecule has 0 fully saturated rings. The largest absolute Gasteiger partial charge is 0.486 e. The smallest absolute Gasteiger partial charge is 0.185 e. The summed E-state index contributed by atoms with van der Waals surface area (Å²) in [5.41, 5.74) is 0. The second kappa shape index (κ2) is 14.9. The van der Waals surface area contributed by atoms with Crippen LogP contribution in [0.3, 0.4) is 0 Å². The van der Waals surface area contributed by atoms with Crippen molar-refractivity contribution in [2.75, 3.05) is 81.3 Å². The molecule has 0 amide bonds. The fourth-order valence-electron chi connectivity index (χ4n) is 2.03. The van der Waals surface area contributed by atoms with Gasteiger partial charge in [0.15, 0.2) is 23.0 Å². The zero-order chi connectivity index (χ0) is 20.8. The SMILES string of the molecule is COCCOc1c(Cl)c(OCCOC)c(OCCOC)c(Br)c1OCCOC. The molecule has 10 heteroatoms. The highest BCUT2D eigenvalue weighted by Gasteiger charge is 2.27. The molecule has 0 heterocycles. The molecule has 162 valence electrons. The zero-order valence-corrected chi connectivity index (χ0v) is 19.0. The summed E-state index contributed by atoms with van der Waals surface area (Å²) in [6, 6.07) is 0. The molecule has 1 aromatic carbocycles. The molecule has 0 aliphatic carbocycles. The van der Waals surface area contributed by atoms with Crippen LogP contribution in [0.2, 0.25) is 5.02 Å². The third-order valence-corrected chi connectivity index (χ3v) is 4.41. The van der Waals surface area contributed by atoms with Crippen molar-refractivity contribution in [1.82, 2.24) is 0 Å². The molecule has 0 bridgehead atoms. The Labute approximate surface area is 179 Å². The summed E-state index contributed by atoms with van der Waals surface area (Å²) < 4.78 is 44.0. The molecule has 0 atom stereocenters. The molecule has 8 nitrogen and oxygen atoms in total. The van der Waals surface area contributed by atoms with Gasteiger partial charge in [0.25, 0.3) is 0 Å². The minimum Gasteiger partial charge on any atom is -0.486 e. The lowest BCUT2D eigenvalue weighted by Crippen LogP contribution is -2.13. The molecular formula is C18H28BrClO8. The van der Waals surface area contributed by atoms with Gasteiger partial charge in [0.05, 0.1) is 26.4 Å². The first-order chi connectivity index (χ1) is 13.6. The lowest BCUT2D eigenvalue weighted by atomic mass is 10.2. The Kier molecular flexibility index (Phi) is 13.4. The van der Waals surface area contributed by atoms with Crippen LogP contribution >= 0.6 is 27.5 Å². The fourth-order valence-corrected chi connectivity index (χ4v) is 2.90. The summed E-state index contributed by atoms with van der Waals surface area (Å²) in [5, 5.41) is 0.232. The molecule has 0 aliphatic rings. The number of hydrogen-bond donors (Lipinski definition) is 0. The van der Waals surface area contributed by atoms with Crippen LogP contribution in [0, 0.1) is 0 Å². The van der Waals surface area contributed by atoms with Crippen molar-refractivity contribution in [2.24, 2.45) is 0 Å². The van der Waals surface area contributed by atoms with Crippen molar-refractivity contribution in [1.29, 1.82) is 0 Å². The number of hydrogen-bond acceptors (Lipinski definition) is 8. The van der Waals surface area contributed by atoms with Gasteiger partial charge in [-0.2, -0.15) is 0 Å². The molecule has 0 N–H and O–H groups in total. The zero-order valence-electron chi connectivity index (χ0n) is 16.7. The molecule has 1 rings (SSSR count). The van der Waals surface area contributed by atoms with Crippen molar-refractivity contribution < 1.29 is 37.9 Å². The average molecular weight is 488 g/mol. The first-order valence-electron chi connectivity index (χ1n) is 8.64. The van der Waals surface area contributed by atoms with Gasteiger partial charge in [0.1, 0.15) is 35.9 Å². The summed E-state index contributed by atoms with van der Waals surface area (Å²) in [6.45, 7) is 2.73. The van der Waals surface area contributed by atoms with Gasteiger partial charge in [-0.25, -0.2) is 0 Å². The number of ether oxygens (including phenoxy) is 8. The van der Waals surface area contributed by atoms with E-state index in [9.17, 15) is 0 Å². The Morgan fingerprint density at radius 3 is 1.11 bits per heavy atom. The molecule has 0 unspecified atom stereocenters. The predicted octanol–water partition coefficient (Wildman–Crippen LogP) is 3.20. The van der Waals surface area contributed by atoms with Gasteiger partial charge in [-0.3, -0.25) is 0 Å². The van der Waals surface area contributed by atoms with E-state index >= 15 is 0 Å². The average Bonchev–Trinajstić information content (AvgIpc) is 2.69. The van der Waals surface area contributed by atoms with E-state index in [0.29, 0.717) is 67.1 Å². The van der Waals surface area contributed by atoms with Crippen LogP contribution in [-0.2, 0) is 18.9 Å². The minimum absolute atomic E-state index is 0.232. The van der Waals surface area contributed by atoms with E-state index in [4.69, 9.17) is 49.5 Å². The van der Waals surface area contributed by atoms with Crippen LogP contribution in [-0.4, -0.2) is 81.3 Å². The summed E-state index contributed by atoms with van der Waals surface area (Å²) in [7, 11) is 6.35. The normalized spacial score (nSPS) is 10.8. The number of methoxy groups -OCH3 is 4. The van der Waals surface area contributed by atoms with Gasteiger partial charge in [0.2, 0.25) is 0 Å². The van der Waals surface area contributed by atoms with Crippen LogP contribution in [0.15, 0.2) is 4.47 Å². The van der Waals surface area contributed by atoms with Crippen LogP contribution in [0.25, 0.3) is 0 Å². The van der Waals surface area contributed by atoms with Gasteiger partial charge < -0.3 is 37.9 Å². The van der Waals surface area contributed by atoms with E-state index in [2.05, 4.69) is 15.9 Å². The summed E-state index contributed by atoms with van der Waals surface area (Å²) >= 11 is 10.1. The van der Waals surface area contributed by atoms with Gasteiger partial charge in [0, 0.05) is 28.4 Å². The van der Waals surface area contributed by atoms with Gasteiger partial charge in [-0.1, -0.05) is 11.6 Å². The quantitative estimate of drug-likeness (QED) is 0.329. The van der Waals surface area contributed by atoms with E-state index in [0.717, 1.165) is 0 Å². The summed E-state index contributed by atoms with van der Waals surface area (Å²) in [5.74, 6) is 1.44. The first kappa shape index (κ1) is 25.1. The summed E-state index contributed by atoms with van der Waals surface area (Å²) in [6.07, 6.45) is 0. The molecule has 1 aromatic rings. The molecule has 0 aromatic heterocycles. The Morgan fingerprint density at radius 1 is 0.536 bits per heavy atom. The Morgan fingerprint density at radius 2 is 0.821 bits per heavy atom. The highest BCUT2D eigenvalue weighted by Crippen LogP contribution is 2.54. The topological polar surface area (TPSA) is 73.8 Å². The van der Waals surface area contributed by atoms with Gasteiger partial charge in [-0.15, -0.1) is 0 Å². The van der Waals surface area contributed by atoms with Crippen molar-refractivity contribution >= 4 is 27.5 Å². The molecule has 0 saturated heterocycles. The minimum atomic E-state index is 0.232.